The SMILES string of the molecule is CC(C)CCC[C@H](C)NC(=O)[C@H](Sc1ccccc1)c1ccccc1. The van der Waals surface area contributed by atoms with Crippen molar-refractivity contribution >= 4 is 17.7 Å². The van der Waals surface area contributed by atoms with E-state index in [2.05, 4.69) is 38.2 Å². The third-order valence-electron chi connectivity index (χ3n) is 4.14. The first kappa shape index (κ1) is 19.6. The van der Waals surface area contributed by atoms with E-state index in [-0.39, 0.29) is 17.2 Å². The van der Waals surface area contributed by atoms with Crippen molar-refractivity contribution in [3.8, 4) is 0 Å². The smallest absolute Gasteiger partial charge is 0.238 e. The Morgan fingerprint density at radius 1 is 0.920 bits per heavy atom. The van der Waals surface area contributed by atoms with E-state index in [1.807, 2.05) is 48.5 Å². The molecule has 1 amide bonds. The quantitative estimate of drug-likeness (QED) is 0.572. The number of benzene rings is 2. The maximum atomic E-state index is 12.9. The molecule has 2 nitrogen and oxygen atoms in total. The van der Waals surface area contributed by atoms with Gasteiger partial charge in [-0.1, -0.05) is 75.2 Å². The van der Waals surface area contributed by atoms with Gasteiger partial charge in [0.25, 0.3) is 0 Å². The summed E-state index contributed by atoms with van der Waals surface area (Å²) in [6.45, 7) is 6.59. The fourth-order valence-corrected chi connectivity index (χ4v) is 3.81. The summed E-state index contributed by atoms with van der Waals surface area (Å²) >= 11 is 1.61. The van der Waals surface area contributed by atoms with Gasteiger partial charge >= 0.3 is 0 Å². The highest BCUT2D eigenvalue weighted by Gasteiger charge is 2.23. The molecule has 1 N–H and O–H groups in total. The highest BCUT2D eigenvalue weighted by Crippen LogP contribution is 2.35. The van der Waals surface area contributed by atoms with Crippen LogP contribution in [0.3, 0.4) is 0 Å². The lowest BCUT2D eigenvalue weighted by Crippen LogP contribution is -2.35. The molecule has 134 valence electrons. The van der Waals surface area contributed by atoms with Crippen LogP contribution in [-0.2, 0) is 4.79 Å². The molecule has 0 fully saturated rings. The number of carbonyl (C=O) groups excluding carboxylic acids is 1. The lowest BCUT2D eigenvalue weighted by molar-refractivity contribution is -0.121. The number of amides is 1. The van der Waals surface area contributed by atoms with Crippen molar-refractivity contribution in [2.24, 2.45) is 5.92 Å². The number of rotatable bonds is 9. The molecule has 0 spiro atoms. The Kier molecular flexibility index (Phi) is 8.07. The summed E-state index contributed by atoms with van der Waals surface area (Å²) in [4.78, 5) is 14.0. The van der Waals surface area contributed by atoms with Crippen LogP contribution in [0.15, 0.2) is 65.6 Å². The molecule has 0 aliphatic heterocycles. The zero-order chi connectivity index (χ0) is 18.1. The van der Waals surface area contributed by atoms with E-state index >= 15 is 0 Å². The minimum absolute atomic E-state index is 0.0945. The predicted octanol–water partition coefficient (Wildman–Crippen LogP) is 5.85. The predicted molar refractivity (Wildman–Crippen MR) is 108 cm³/mol. The normalized spacial score (nSPS) is 13.4. The summed E-state index contributed by atoms with van der Waals surface area (Å²) in [6, 6.07) is 20.4. The lowest BCUT2D eigenvalue weighted by atomic mass is 10.0. The second-order valence-corrected chi connectivity index (χ2v) is 8.13. The van der Waals surface area contributed by atoms with Crippen molar-refractivity contribution < 1.29 is 4.79 Å². The number of hydrogen-bond acceptors (Lipinski definition) is 2. The van der Waals surface area contributed by atoms with E-state index in [4.69, 9.17) is 0 Å². The van der Waals surface area contributed by atoms with Crippen LogP contribution in [0, 0.1) is 5.92 Å². The second kappa shape index (κ2) is 10.3. The summed E-state index contributed by atoms with van der Waals surface area (Å²) in [6.07, 6.45) is 3.39. The molecular formula is C22H29NOS. The molecule has 2 rings (SSSR count). The molecule has 0 heterocycles. The van der Waals surface area contributed by atoms with Crippen molar-refractivity contribution in [2.45, 2.75) is 56.2 Å². The highest BCUT2D eigenvalue weighted by atomic mass is 32.2. The van der Waals surface area contributed by atoms with Crippen molar-refractivity contribution in [1.29, 1.82) is 0 Å². The number of carbonyl (C=O) groups is 1. The zero-order valence-electron chi connectivity index (χ0n) is 15.4. The Balaban J connectivity index is 2.03. The topological polar surface area (TPSA) is 29.1 Å². The molecule has 0 aliphatic carbocycles. The standard InChI is InChI=1S/C22H29NOS/c1-17(2)11-10-12-18(3)23-22(24)21(19-13-6-4-7-14-19)25-20-15-8-5-9-16-20/h4-9,13-18,21H,10-12H2,1-3H3,(H,23,24)/t18-,21+/m0/s1. The number of nitrogens with one attached hydrogen (secondary N) is 1. The molecule has 2 aromatic carbocycles. The molecule has 0 bridgehead atoms. The molecule has 2 aromatic rings. The molecule has 0 aliphatic rings. The van der Waals surface area contributed by atoms with Gasteiger partial charge in [0, 0.05) is 10.9 Å². The van der Waals surface area contributed by atoms with Crippen LogP contribution in [0.4, 0.5) is 0 Å². The maximum Gasteiger partial charge on any atom is 0.238 e. The van der Waals surface area contributed by atoms with Gasteiger partial charge in [0.15, 0.2) is 0 Å². The largest absolute Gasteiger partial charge is 0.352 e. The van der Waals surface area contributed by atoms with Gasteiger partial charge in [0.2, 0.25) is 5.91 Å². The van der Waals surface area contributed by atoms with Crippen LogP contribution in [0.2, 0.25) is 0 Å². The number of thioether (sulfide) groups is 1. The first-order chi connectivity index (χ1) is 12.1. The van der Waals surface area contributed by atoms with E-state index in [0.29, 0.717) is 5.92 Å². The molecule has 0 unspecified atom stereocenters. The lowest BCUT2D eigenvalue weighted by Gasteiger charge is -2.21. The van der Waals surface area contributed by atoms with Crippen LogP contribution in [0.5, 0.6) is 0 Å². The fourth-order valence-electron chi connectivity index (χ4n) is 2.76. The van der Waals surface area contributed by atoms with Gasteiger partial charge in [0.05, 0.1) is 0 Å². The molecule has 25 heavy (non-hydrogen) atoms. The molecular weight excluding hydrogens is 326 g/mol. The summed E-state index contributed by atoms with van der Waals surface area (Å²) < 4.78 is 0. The fraction of sp³-hybridized carbons (Fsp3) is 0.409. The minimum atomic E-state index is -0.226. The van der Waals surface area contributed by atoms with Gasteiger partial charge < -0.3 is 5.32 Å². The molecule has 0 saturated heterocycles. The Bertz CT molecular complexity index is 627. The van der Waals surface area contributed by atoms with E-state index in [9.17, 15) is 4.79 Å². The van der Waals surface area contributed by atoms with Gasteiger partial charge in [-0.2, -0.15) is 0 Å². The van der Waals surface area contributed by atoms with Crippen molar-refractivity contribution in [1.82, 2.24) is 5.32 Å². The molecule has 0 radical (unpaired) electrons. The van der Waals surface area contributed by atoms with Gasteiger partial charge in [-0.05, 0) is 37.0 Å². The maximum absolute atomic E-state index is 12.9. The monoisotopic (exact) mass is 355 g/mol. The zero-order valence-corrected chi connectivity index (χ0v) is 16.3. The first-order valence-corrected chi connectivity index (χ1v) is 10.0. The van der Waals surface area contributed by atoms with Crippen LogP contribution >= 0.6 is 11.8 Å². The van der Waals surface area contributed by atoms with Crippen molar-refractivity contribution in [3.63, 3.8) is 0 Å². The van der Waals surface area contributed by atoms with Gasteiger partial charge in [-0.25, -0.2) is 0 Å². The Morgan fingerprint density at radius 2 is 1.52 bits per heavy atom. The third kappa shape index (κ3) is 6.95. The van der Waals surface area contributed by atoms with E-state index in [1.165, 1.54) is 6.42 Å². The molecule has 0 saturated carbocycles. The third-order valence-corrected chi connectivity index (χ3v) is 5.41. The summed E-state index contributed by atoms with van der Waals surface area (Å²) in [5.74, 6) is 0.811. The molecule has 0 aromatic heterocycles. The summed E-state index contributed by atoms with van der Waals surface area (Å²) in [7, 11) is 0. The average Bonchev–Trinajstić information content (AvgIpc) is 2.61. The van der Waals surface area contributed by atoms with Crippen LogP contribution < -0.4 is 5.32 Å². The van der Waals surface area contributed by atoms with Crippen LogP contribution in [0.25, 0.3) is 0 Å². The van der Waals surface area contributed by atoms with Gasteiger partial charge in [-0.3, -0.25) is 4.79 Å². The highest BCUT2D eigenvalue weighted by molar-refractivity contribution is 8.00. The molecule has 2 atom stereocenters. The summed E-state index contributed by atoms with van der Waals surface area (Å²) in [5, 5.41) is 2.99. The Hall–Kier alpha value is -1.74. The minimum Gasteiger partial charge on any atom is -0.352 e. The van der Waals surface area contributed by atoms with Gasteiger partial charge in [0.1, 0.15) is 5.25 Å². The Morgan fingerprint density at radius 3 is 2.12 bits per heavy atom. The van der Waals surface area contributed by atoms with Crippen LogP contribution in [-0.4, -0.2) is 11.9 Å². The van der Waals surface area contributed by atoms with Crippen molar-refractivity contribution in [2.75, 3.05) is 0 Å². The Labute approximate surface area is 156 Å². The number of hydrogen-bond donors (Lipinski definition) is 1. The van der Waals surface area contributed by atoms with E-state index < -0.39 is 0 Å². The van der Waals surface area contributed by atoms with E-state index in [0.717, 1.165) is 23.3 Å². The summed E-state index contributed by atoms with van der Waals surface area (Å²) in [5.41, 5.74) is 1.04. The van der Waals surface area contributed by atoms with Crippen molar-refractivity contribution in [3.05, 3.63) is 66.2 Å². The first-order valence-electron chi connectivity index (χ1n) is 9.13. The van der Waals surface area contributed by atoms with Gasteiger partial charge in [-0.15, -0.1) is 11.8 Å². The average molecular weight is 356 g/mol. The van der Waals surface area contributed by atoms with Crippen LogP contribution in [0.1, 0.15) is 50.8 Å². The second-order valence-electron chi connectivity index (χ2n) is 6.96. The molecule has 3 heteroatoms. The van der Waals surface area contributed by atoms with E-state index in [1.54, 1.807) is 11.8 Å².